The number of hydrogen-bond donors (Lipinski definition) is 1. The number of carbonyl (C=O) groups excluding carboxylic acids is 2. The molecule has 2 heterocycles. The fraction of sp³-hybridized carbons (Fsp3) is 0.280. The minimum atomic E-state index is -3.55. The van der Waals surface area contributed by atoms with Crippen LogP contribution in [0, 0.1) is 6.92 Å². The highest BCUT2D eigenvalue weighted by atomic mass is 32.2. The maximum atomic E-state index is 13.1. The predicted octanol–water partition coefficient (Wildman–Crippen LogP) is 3.92. The Labute approximate surface area is 204 Å². The monoisotopic (exact) mass is 497 g/mol. The molecule has 1 aliphatic heterocycles. The summed E-state index contributed by atoms with van der Waals surface area (Å²) < 4.78 is 27.3. The molecule has 1 aliphatic rings. The fourth-order valence-corrected chi connectivity index (χ4v) is 6.16. The molecular weight excluding hydrogens is 470 g/mol. The fourth-order valence-electron chi connectivity index (χ4n) is 4.00. The van der Waals surface area contributed by atoms with Crippen molar-refractivity contribution < 1.29 is 18.0 Å². The first-order chi connectivity index (χ1) is 16.3. The molecule has 2 amide bonds. The molecule has 34 heavy (non-hydrogen) atoms. The molecule has 0 aliphatic carbocycles. The van der Waals surface area contributed by atoms with Crippen molar-refractivity contribution in [1.82, 2.24) is 9.62 Å². The number of hydrogen-bond acceptors (Lipinski definition) is 5. The van der Waals surface area contributed by atoms with E-state index in [1.807, 2.05) is 18.4 Å². The smallest absolute Gasteiger partial charge is 0.268 e. The summed E-state index contributed by atoms with van der Waals surface area (Å²) in [5, 5.41) is 4.87. The number of sulfonamides is 1. The highest BCUT2D eigenvalue weighted by Gasteiger charge is 2.30. The van der Waals surface area contributed by atoms with E-state index in [2.05, 4.69) is 5.32 Å². The maximum absolute atomic E-state index is 13.1. The Morgan fingerprint density at radius 2 is 1.68 bits per heavy atom. The van der Waals surface area contributed by atoms with Gasteiger partial charge >= 0.3 is 0 Å². The summed E-state index contributed by atoms with van der Waals surface area (Å²) in [6.07, 6.45) is 1.03. The number of para-hydroxylation sites is 1. The number of piperidine rings is 1. The van der Waals surface area contributed by atoms with Crippen LogP contribution in [0.5, 0.6) is 0 Å². The molecule has 0 saturated carbocycles. The average Bonchev–Trinajstić information content (AvgIpc) is 3.39. The normalized spacial score (nSPS) is 15.1. The van der Waals surface area contributed by atoms with Gasteiger partial charge in [-0.25, -0.2) is 8.42 Å². The molecule has 4 rings (SSSR count). The lowest BCUT2D eigenvalue weighted by Crippen LogP contribution is -2.46. The van der Waals surface area contributed by atoms with Gasteiger partial charge in [0.05, 0.1) is 21.0 Å². The SMILES string of the molecule is Cc1ccc(S(=O)(=O)N2CCC(NC(=O)c3ccccc3N(C)C(=O)c3cccs3)CC2)cc1. The Hall–Kier alpha value is -3.01. The van der Waals surface area contributed by atoms with Crippen LogP contribution in [-0.4, -0.2) is 50.7 Å². The molecule has 7 nitrogen and oxygen atoms in total. The molecule has 1 saturated heterocycles. The van der Waals surface area contributed by atoms with Crippen LogP contribution >= 0.6 is 11.3 Å². The zero-order valence-corrected chi connectivity index (χ0v) is 20.7. The molecule has 0 spiro atoms. The third kappa shape index (κ3) is 5.06. The number of aryl methyl sites for hydroxylation is 1. The second-order valence-electron chi connectivity index (χ2n) is 8.32. The van der Waals surface area contributed by atoms with Gasteiger partial charge in [0.15, 0.2) is 0 Å². The lowest BCUT2D eigenvalue weighted by molar-refractivity contribution is 0.0924. The topological polar surface area (TPSA) is 86.8 Å². The van der Waals surface area contributed by atoms with Crippen LogP contribution in [-0.2, 0) is 10.0 Å². The van der Waals surface area contributed by atoms with Crippen LogP contribution in [0.1, 0.15) is 38.4 Å². The Morgan fingerprint density at radius 3 is 2.32 bits per heavy atom. The predicted molar refractivity (Wildman–Crippen MR) is 134 cm³/mol. The van der Waals surface area contributed by atoms with Gasteiger partial charge in [-0.2, -0.15) is 4.31 Å². The minimum absolute atomic E-state index is 0.150. The highest BCUT2D eigenvalue weighted by molar-refractivity contribution is 7.89. The largest absolute Gasteiger partial charge is 0.349 e. The molecule has 178 valence electrons. The summed E-state index contributed by atoms with van der Waals surface area (Å²) in [6.45, 7) is 2.58. The molecular formula is C25H27N3O4S2. The number of carbonyl (C=O) groups is 2. The zero-order valence-electron chi connectivity index (χ0n) is 19.1. The summed E-state index contributed by atoms with van der Waals surface area (Å²) >= 11 is 1.35. The van der Waals surface area contributed by atoms with E-state index in [0.717, 1.165) is 5.56 Å². The van der Waals surface area contributed by atoms with E-state index in [9.17, 15) is 18.0 Å². The lowest BCUT2D eigenvalue weighted by atomic mass is 10.1. The van der Waals surface area contributed by atoms with Gasteiger partial charge in [-0.1, -0.05) is 35.9 Å². The summed E-state index contributed by atoms with van der Waals surface area (Å²) in [7, 11) is -1.90. The van der Waals surface area contributed by atoms with Gasteiger partial charge < -0.3 is 10.2 Å². The Bertz CT molecular complexity index is 1260. The van der Waals surface area contributed by atoms with Crippen LogP contribution in [0.2, 0.25) is 0 Å². The van der Waals surface area contributed by atoms with E-state index in [1.54, 1.807) is 61.6 Å². The lowest BCUT2D eigenvalue weighted by Gasteiger charge is -2.32. The standard InChI is InChI=1S/C25H27N3O4S2/c1-18-9-11-20(12-10-18)34(31,32)28-15-13-19(14-16-28)26-24(29)21-6-3-4-7-22(21)27(2)25(30)23-8-5-17-33-23/h3-12,17,19H,13-16H2,1-2H3,(H,26,29). The van der Waals surface area contributed by atoms with E-state index in [0.29, 0.717) is 42.1 Å². The first kappa shape index (κ1) is 24.1. The van der Waals surface area contributed by atoms with Crippen LogP contribution in [0.15, 0.2) is 70.9 Å². The molecule has 1 fully saturated rings. The Kier molecular flexibility index (Phi) is 7.16. The van der Waals surface area contributed by atoms with Gasteiger partial charge in [0.1, 0.15) is 0 Å². The van der Waals surface area contributed by atoms with Crippen molar-refractivity contribution in [2.75, 3.05) is 25.0 Å². The number of nitrogens with zero attached hydrogens (tertiary/aromatic N) is 2. The molecule has 0 atom stereocenters. The number of benzene rings is 2. The highest BCUT2D eigenvalue weighted by Crippen LogP contribution is 2.24. The number of thiophene rings is 1. The van der Waals surface area contributed by atoms with Crippen molar-refractivity contribution in [3.05, 3.63) is 82.0 Å². The minimum Gasteiger partial charge on any atom is -0.349 e. The molecule has 2 aromatic carbocycles. The van der Waals surface area contributed by atoms with E-state index in [-0.39, 0.29) is 22.8 Å². The summed E-state index contributed by atoms with van der Waals surface area (Å²) in [5.74, 6) is -0.453. The third-order valence-corrected chi connectivity index (χ3v) is 8.77. The van der Waals surface area contributed by atoms with Crippen molar-refractivity contribution in [3.63, 3.8) is 0 Å². The van der Waals surface area contributed by atoms with Gasteiger partial charge in [0, 0.05) is 26.2 Å². The van der Waals surface area contributed by atoms with Crippen molar-refractivity contribution >= 4 is 38.9 Å². The van der Waals surface area contributed by atoms with Crippen molar-refractivity contribution in [1.29, 1.82) is 0 Å². The van der Waals surface area contributed by atoms with E-state index < -0.39 is 10.0 Å². The second-order valence-corrected chi connectivity index (χ2v) is 11.2. The average molecular weight is 498 g/mol. The number of rotatable bonds is 6. The van der Waals surface area contributed by atoms with Gasteiger partial charge in [-0.15, -0.1) is 11.3 Å². The molecule has 3 aromatic rings. The molecule has 0 bridgehead atoms. The van der Waals surface area contributed by atoms with Gasteiger partial charge in [0.2, 0.25) is 10.0 Å². The first-order valence-corrected chi connectivity index (χ1v) is 13.4. The van der Waals surface area contributed by atoms with E-state index in [1.165, 1.54) is 20.5 Å². The molecule has 0 unspecified atom stereocenters. The maximum Gasteiger partial charge on any atom is 0.268 e. The van der Waals surface area contributed by atoms with Gasteiger partial charge in [-0.05, 0) is 55.5 Å². The number of nitrogens with one attached hydrogen (secondary N) is 1. The summed E-state index contributed by atoms with van der Waals surface area (Å²) in [5.41, 5.74) is 1.94. The molecule has 1 N–H and O–H groups in total. The molecule has 9 heteroatoms. The first-order valence-electron chi connectivity index (χ1n) is 11.1. The Balaban J connectivity index is 1.41. The van der Waals surface area contributed by atoms with Crippen molar-refractivity contribution in [2.45, 2.75) is 30.7 Å². The van der Waals surface area contributed by atoms with Crippen molar-refractivity contribution in [3.8, 4) is 0 Å². The second kappa shape index (κ2) is 10.1. The van der Waals surface area contributed by atoms with Gasteiger partial charge in [-0.3, -0.25) is 9.59 Å². The van der Waals surface area contributed by atoms with Crippen molar-refractivity contribution in [2.24, 2.45) is 0 Å². The van der Waals surface area contributed by atoms with Crippen LogP contribution in [0.3, 0.4) is 0 Å². The molecule has 1 aromatic heterocycles. The third-order valence-electron chi connectivity index (χ3n) is 5.99. The van der Waals surface area contributed by atoms with E-state index in [4.69, 9.17) is 0 Å². The van der Waals surface area contributed by atoms with Crippen LogP contribution in [0.25, 0.3) is 0 Å². The van der Waals surface area contributed by atoms with Gasteiger partial charge in [0.25, 0.3) is 11.8 Å². The van der Waals surface area contributed by atoms with Crippen LogP contribution < -0.4 is 10.2 Å². The molecule has 0 radical (unpaired) electrons. The summed E-state index contributed by atoms with van der Waals surface area (Å²) in [6, 6.07) is 17.2. The number of anilines is 1. The Morgan fingerprint density at radius 1 is 1.00 bits per heavy atom. The quantitative estimate of drug-likeness (QED) is 0.559. The van der Waals surface area contributed by atoms with E-state index >= 15 is 0 Å². The van der Waals surface area contributed by atoms with Crippen LogP contribution in [0.4, 0.5) is 5.69 Å². The zero-order chi connectivity index (χ0) is 24.3. The summed E-state index contributed by atoms with van der Waals surface area (Å²) in [4.78, 5) is 28.2. The number of amides is 2.